The van der Waals surface area contributed by atoms with Crippen molar-refractivity contribution in [1.29, 1.82) is 0 Å². The molecule has 1 aliphatic rings. The number of aromatic amines is 1. The Labute approximate surface area is 171 Å². The maximum Gasteiger partial charge on any atom is 0.245 e. The van der Waals surface area contributed by atoms with E-state index in [-0.39, 0.29) is 18.0 Å². The van der Waals surface area contributed by atoms with E-state index in [0.29, 0.717) is 0 Å². The van der Waals surface area contributed by atoms with Gasteiger partial charge in [0.25, 0.3) is 0 Å². The number of likely N-dealkylation sites (tertiary alicyclic amines) is 1. The normalized spacial score (nSPS) is 17.6. The van der Waals surface area contributed by atoms with Gasteiger partial charge in [0.1, 0.15) is 11.9 Å². The van der Waals surface area contributed by atoms with Crippen molar-refractivity contribution in [3.8, 4) is 11.3 Å². The number of carbonyl (C=O) groups excluding carboxylic acids is 1. The molecule has 3 aromatic rings. The molecule has 1 aromatic heterocycles. The predicted molar refractivity (Wildman–Crippen MR) is 115 cm³/mol. The third kappa shape index (κ3) is 3.89. The summed E-state index contributed by atoms with van der Waals surface area (Å²) in [7, 11) is 3.90. The number of rotatable bonds is 5. The minimum absolute atomic E-state index is 0.0313. The van der Waals surface area contributed by atoms with Crippen molar-refractivity contribution >= 4 is 11.6 Å². The summed E-state index contributed by atoms with van der Waals surface area (Å²) in [6.07, 6.45) is 3.79. The van der Waals surface area contributed by atoms with Crippen LogP contribution in [0.3, 0.4) is 0 Å². The van der Waals surface area contributed by atoms with Crippen LogP contribution in [-0.2, 0) is 4.79 Å². The number of H-pyrrole nitrogens is 1. The third-order valence-corrected chi connectivity index (χ3v) is 5.52. The molecule has 6 heteroatoms. The van der Waals surface area contributed by atoms with Gasteiger partial charge in [0.05, 0.1) is 11.7 Å². The third-order valence-electron chi connectivity index (χ3n) is 5.52. The Balaban J connectivity index is 1.59. The second kappa shape index (κ2) is 8.09. The summed E-state index contributed by atoms with van der Waals surface area (Å²) < 4.78 is 0. The molecule has 0 aliphatic carbocycles. The van der Waals surface area contributed by atoms with Crippen LogP contribution in [0, 0.1) is 0 Å². The lowest BCUT2D eigenvalue weighted by molar-refractivity contribution is -0.137. The Kier molecular flexibility index (Phi) is 5.36. The maximum absolute atomic E-state index is 13.5. The van der Waals surface area contributed by atoms with Gasteiger partial charge in [-0.1, -0.05) is 42.5 Å². The number of nitrogens with one attached hydrogen (secondary N) is 1. The zero-order valence-corrected chi connectivity index (χ0v) is 16.9. The Hall–Kier alpha value is -3.12. The first-order valence-corrected chi connectivity index (χ1v) is 9.97. The van der Waals surface area contributed by atoms with Gasteiger partial charge >= 0.3 is 0 Å². The molecule has 2 aromatic carbocycles. The number of amides is 1. The quantitative estimate of drug-likeness (QED) is 0.653. The van der Waals surface area contributed by atoms with Gasteiger partial charge < -0.3 is 15.6 Å². The fourth-order valence-corrected chi connectivity index (χ4v) is 4.08. The standard InChI is InChI=1S/C23H27N5O/c1-27(2)21(17-7-4-3-5-8-17)23(29)28-14-6-9-20(28)22-25-15-19(26-22)16-10-12-18(24)13-11-16/h3-5,7-8,10-13,15,20-21H,6,9,14,24H2,1-2H3,(H,25,26). The molecule has 2 heterocycles. The van der Waals surface area contributed by atoms with Crippen LogP contribution in [0.15, 0.2) is 60.8 Å². The average Bonchev–Trinajstić information content (AvgIpc) is 3.39. The van der Waals surface area contributed by atoms with Crippen molar-refractivity contribution < 1.29 is 4.79 Å². The minimum atomic E-state index is -0.302. The lowest BCUT2D eigenvalue weighted by Crippen LogP contribution is -2.40. The van der Waals surface area contributed by atoms with E-state index in [0.717, 1.165) is 47.7 Å². The molecular formula is C23H27N5O. The van der Waals surface area contributed by atoms with E-state index in [1.54, 1.807) is 0 Å². The number of imidazole rings is 1. The number of nitrogens with zero attached hydrogens (tertiary/aromatic N) is 3. The minimum Gasteiger partial charge on any atom is -0.399 e. The highest BCUT2D eigenvalue weighted by Gasteiger charge is 2.36. The molecule has 0 spiro atoms. The molecule has 0 saturated carbocycles. The maximum atomic E-state index is 13.5. The molecular weight excluding hydrogens is 362 g/mol. The van der Waals surface area contributed by atoms with Gasteiger partial charge in [-0.2, -0.15) is 0 Å². The Morgan fingerprint density at radius 2 is 1.90 bits per heavy atom. The Bertz CT molecular complexity index is 964. The molecule has 0 bridgehead atoms. The van der Waals surface area contributed by atoms with E-state index in [1.165, 1.54) is 0 Å². The van der Waals surface area contributed by atoms with E-state index < -0.39 is 0 Å². The summed E-state index contributed by atoms with van der Waals surface area (Å²) in [4.78, 5) is 25.6. The molecule has 0 radical (unpaired) electrons. The number of hydrogen-bond donors (Lipinski definition) is 2. The smallest absolute Gasteiger partial charge is 0.245 e. The van der Waals surface area contributed by atoms with Crippen molar-refractivity contribution in [3.63, 3.8) is 0 Å². The summed E-state index contributed by atoms with van der Waals surface area (Å²) in [5.41, 5.74) is 9.40. The van der Waals surface area contributed by atoms with Crippen molar-refractivity contribution in [2.24, 2.45) is 0 Å². The lowest BCUT2D eigenvalue weighted by atomic mass is 10.0. The van der Waals surface area contributed by atoms with E-state index >= 15 is 0 Å². The van der Waals surface area contributed by atoms with Crippen LogP contribution in [0.25, 0.3) is 11.3 Å². The average molecular weight is 390 g/mol. The van der Waals surface area contributed by atoms with E-state index in [1.807, 2.05) is 84.7 Å². The first kappa shape index (κ1) is 19.2. The number of nitrogen functional groups attached to an aromatic ring is 1. The zero-order valence-electron chi connectivity index (χ0n) is 16.9. The van der Waals surface area contributed by atoms with Gasteiger partial charge in [-0.15, -0.1) is 0 Å². The topological polar surface area (TPSA) is 78.2 Å². The van der Waals surface area contributed by atoms with E-state index in [4.69, 9.17) is 10.7 Å². The van der Waals surface area contributed by atoms with Gasteiger partial charge in [-0.3, -0.25) is 9.69 Å². The summed E-state index contributed by atoms with van der Waals surface area (Å²) in [6, 6.07) is 17.3. The number of carbonyl (C=O) groups is 1. The SMILES string of the molecule is CN(C)C(C(=O)N1CCCC1c1nc(-c2ccc(N)cc2)c[nH]1)c1ccccc1. The van der Waals surface area contributed by atoms with Crippen molar-refractivity contribution in [1.82, 2.24) is 19.8 Å². The largest absolute Gasteiger partial charge is 0.399 e. The van der Waals surface area contributed by atoms with Crippen LogP contribution in [-0.4, -0.2) is 46.3 Å². The van der Waals surface area contributed by atoms with Crippen LogP contribution in [0.5, 0.6) is 0 Å². The molecule has 2 atom stereocenters. The first-order valence-electron chi connectivity index (χ1n) is 9.97. The summed E-state index contributed by atoms with van der Waals surface area (Å²) >= 11 is 0. The van der Waals surface area contributed by atoms with Crippen LogP contribution in [0.1, 0.15) is 36.3 Å². The summed E-state index contributed by atoms with van der Waals surface area (Å²) in [5.74, 6) is 0.961. The van der Waals surface area contributed by atoms with Crippen LogP contribution >= 0.6 is 0 Å². The predicted octanol–water partition coefficient (Wildman–Crippen LogP) is 3.63. The molecule has 2 unspecified atom stereocenters. The Morgan fingerprint density at radius 3 is 2.59 bits per heavy atom. The van der Waals surface area contributed by atoms with E-state index in [9.17, 15) is 4.79 Å². The van der Waals surface area contributed by atoms with Gasteiger partial charge in [0.2, 0.25) is 5.91 Å². The second-order valence-electron chi connectivity index (χ2n) is 7.76. The number of aromatic nitrogens is 2. The summed E-state index contributed by atoms with van der Waals surface area (Å²) in [6.45, 7) is 0.749. The second-order valence-corrected chi connectivity index (χ2v) is 7.76. The molecule has 3 N–H and O–H groups in total. The van der Waals surface area contributed by atoms with E-state index in [2.05, 4.69) is 4.98 Å². The number of likely N-dealkylation sites (N-methyl/N-ethyl adjacent to an activating group) is 1. The molecule has 1 fully saturated rings. The number of anilines is 1. The molecule has 4 rings (SSSR count). The molecule has 6 nitrogen and oxygen atoms in total. The van der Waals surface area contributed by atoms with Gasteiger partial charge in [0.15, 0.2) is 0 Å². The number of hydrogen-bond acceptors (Lipinski definition) is 4. The highest BCUT2D eigenvalue weighted by Crippen LogP contribution is 2.34. The van der Waals surface area contributed by atoms with Crippen LogP contribution in [0.2, 0.25) is 0 Å². The van der Waals surface area contributed by atoms with Gasteiger partial charge in [-0.05, 0) is 44.6 Å². The molecule has 29 heavy (non-hydrogen) atoms. The molecule has 1 saturated heterocycles. The highest BCUT2D eigenvalue weighted by atomic mass is 16.2. The van der Waals surface area contributed by atoms with Gasteiger partial charge in [-0.25, -0.2) is 4.98 Å². The molecule has 1 aliphatic heterocycles. The fourth-order valence-electron chi connectivity index (χ4n) is 4.08. The number of nitrogens with two attached hydrogens (primary N) is 1. The summed E-state index contributed by atoms with van der Waals surface area (Å²) in [5, 5.41) is 0. The van der Waals surface area contributed by atoms with Gasteiger partial charge in [0, 0.05) is 24.0 Å². The molecule has 1 amide bonds. The monoisotopic (exact) mass is 389 g/mol. The van der Waals surface area contributed by atoms with Crippen molar-refractivity contribution in [3.05, 3.63) is 72.2 Å². The fraction of sp³-hybridized carbons (Fsp3) is 0.304. The first-order chi connectivity index (χ1) is 14.0. The lowest BCUT2D eigenvalue weighted by Gasteiger charge is -2.31. The van der Waals surface area contributed by atoms with Crippen LogP contribution < -0.4 is 5.73 Å². The zero-order chi connectivity index (χ0) is 20.4. The number of benzene rings is 2. The highest BCUT2D eigenvalue weighted by molar-refractivity contribution is 5.84. The molecule has 150 valence electrons. The van der Waals surface area contributed by atoms with Crippen molar-refractivity contribution in [2.45, 2.75) is 24.9 Å². The Morgan fingerprint density at radius 1 is 1.17 bits per heavy atom. The van der Waals surface area contributed by atoms with Crippen LogP contribution in [0.4, 0.5) is 5.69 Å². The van der Waals surface area contributed by atoms with Crippen molar-refractivity contribution in [2.75, 3.05) is 26.4 Å².